The molecule has 1 aromatic carbocycles. The lowest BCUT2D eigenvalue weighted by Gasteiger charge is -2.27. The Hall–Kier alpha value is -3.41. The van der Waals surface area contributed by atoms with Crippen LogP contribution in [-0.2, 0) is 19.4 Å². The maximum absolute atomic E-state index is 13.2. The molecule has 2 atom stereocenters. The van der Waals surface area contributed by atoms with Crippen molar-refractivity contribution in [2.45, 2.75) is 33.1 Å². The molecule has 11 nitrogen and oxygen atoms in total. The third-order valence-corrected chi connectivity index (χ3v) is 6.91. The molecule has 0 aliphatic carbocycles. The zero-order valence-corrected chi connectivity index (χ0v) is 21.6. The van der Waals surface area contributed by atoms with Crippen molar-refractivity contribution < 1.29 is 32.3 Å². The van der Waals surface area contributed by atoms with Gasteiger partial charge < -0.3 is 15.0 Å². The number of hydrogen-bond donors (Lipinski definition) is 3. The molecular weight excluding hydrogens is 488 g/mol. The van der Waals surface area contributed by atoms with Crippen molar-refractivity contribution in [2.75, 3.05) is 26.5 Å². The number of carbonyl (C=O) groups excluding carboxylic acids is 4. The number of ketones is 1. The summed E-state index contributed by atoms with van der Waals surface area (Å²) in [4.78, 5) is 54.0. The smallest absolute Gasteiger partial charge is 0.357 e. The molecule has 3 amide bonds. The molecular formula is C24H32N4O7S. The second-order valence-corrected chi connectivity index (χ2v) is 11.4. The van der Waals surface area contributed by atoms with E-state index in [0.29, 0.717) is 41.4 Å². The third-order valence-electron chi connectivity index (χ3n) is 6.05. The summed E-state index contributed by atoms with van der Waals surface area (Å²) < 4.78 is 29.2. The number of aromatic amines is 1. The molecule has 1 fully saturated rings. The largest absolute Gasteiger partial charge is 0.496 e. The SMILES string of the molecule is COc1cccc2[nH]c(C(=O)C[C@@H](CC(C)C)C(=O)NN(C[C@@H]3CCNC3=O)C(=O)S(C)(=O)=O)cc12. The number of hydrazine groups is 1. The highest BCUT2D eigenvalue weighted by molar-refractivity contribution is 8.05. The highest BCUT2D eigenvalue weighted by Gasteiger charge is 2.34. The second kappa shape index (κ2) is 11.1. The van der Waals surface area contributed by atoms with Crippen LogP contribution in [0.5, 0.6) is 5.75 Å². The maximum atomic E-state index is 13.2. The van der Waals surface area contributed by atoms with Crippen LogP contribution in [0.4, 0.5) is 4.79 Å². The van der Waals surface area contributed by atoms with Gasteiger partial charge in [-0.25, -0.2) is 13.4 Å². The van der Waals surface area contributed by atoms with Crippen LogP contribution < -0.4 is 15.5 Å². The number of aromatic nitrogens is 1. The van der Waals surface area contributed by atoms with Gasteiger partial charge in [-0.3, -0.25) is 24.6 Å². The number of Topliss-reactive ketones (excluding diaryl/α,β-unsaturated/α-hetero) is 1. The molecule has 3 N–H and O–H groups in total. The number of carbonyl (C=O) groups is 4. The average molecular weight is 521 g/mol. The fourth-order valence-corrected chi connectivity index (χ4v) is 4.79. The highest BCUT2D eigenvalue weighted by atomic mass is 32.2. The molecule has 196 valence electrons. The molecule has 12 heteroatoms. The number of methoxy groups -OCH3 is 1. The van der Waals surface area contributed by atoms with Crippen molar-refractivity contribution in [3.63, 3.8) is 0 Å². The number of benzene rings is 1. The number of amides is 3. The Labute approximate surface area is 209 Å². The Morgan fingerprint density at radius 1 is 1.25 bits per heavy atom. The molecule has 0 spiro atoms. The molecule has 1 aliphatic rings. The molecule has 2 heterocycles. The van der Waals surface area contributed by atoms with E-state index >= 15 is 0 Å². The molecule has 1 saturated heterocycles. The third kappa shape index (κ3) is 6.42. The van der Waals surface area contributed by atoms with Gasteiger partial charge in [-0.2, -0.15) is 0 Å². The quantitative estimate of drug-likeness (QED) is 0.338. The van der Waals surface area contributed by atoms with Gasteiger partial charge in [0, 0.05) is 36.0 Å². The number of rotatable bonds is 9. The predicted octanol–water partition coefficient (Wildman–Crippen LogP) is 2.05. The molecule has 2 aromatic rings. The predicted molar refractivity (Wildman–Crippen MR) is 133 cm³/mol. The van der Waals surface area contributed by atoms with Crippen molar-refractivity contribution >= 4 is 43.6 Å². The first-order valence-corrected chi connectivity index (χ1v) is 13.6. The zero-order valence-electron chi connectivity index (χ0n) is 20.8. The van der Waals surface area contributed by atoms with E-state index < -0.39 is 32.8 Å². The average Bonchev–Trinajstić information content (AvgIpc) is 3.42. The molecule has 3 rings (SSSR count). The Bertz CT molecular complexity index is 1270. The van der Waals surface area contributed by atoms with Gasteiger partial charge in [0.1, 0.15) is 5.75 Å². The second-order valence-electron chi connectivity index (χ2n) is 9.46. The fraction of sp³-hybridized carbons (Fsp3) is 0.500. The van der Waals surface area contributed by atoms with Crippen molar-refractivity contribution in [3.8, 4) is 5.75 Å². The summed E-state index contributed by atoms with van der Waals surface area (Å²) in [6, 6.07) is 7.04. The molecule has 36 heavy (non-hydrogen) atoms. The van der Waals surface area contributed by atoms with E-state index in [2.05, 4.69) is 15.7 Å². The van der Waals surface area contributed by atoms with Crippen LogP contribution in [-0.4, -0.2) is 67.7 Å². The minimum absolute atomic E-state index is 0.0380. The zero-order chi connectivity index (χ0) is 26.6. The number of H-pyrrole nitrogens is 1. The van der Waals surface area contributed by atoms with Crippen LogP contribution in [0, 0.1) is 17.8 Å². The van der Waals surface area contributed by atoms with E-state index in [1.807, 2.05) is 13.8 Å². The van der Waals surface area contributed by atoms with Gasteiger partial charge in [0.2, 0.25) is 21.7 Å². The van der Waals surface area contributed by atoms with Gasteiger partial charge >= 0.3 is 5.24 Å². The summed E-state index contributed by atoms with van der Waals surface area (Å²) in [7, 11) is -2.65. The van der Waals surface area contributed by atoms with E-state index in [0.717, 1.165) is 11.6 Å². The van der Waals surface area contributed by atoms with Gasteiger partial charge in [0.15, 0.2) is 5.78 Å². The van der Waals surface area contributed by atoms with Crippen LogP contribution in [0.2, 0.25) is 0 Å². The summed E-state index contributed by atoms with van der Waals surface area (Å²) in [5, 5.41) is 2.72. The van der Waals surface area contributed by atoms with E-state index in [4.69, 9.17) is 4.74 Å². The van der Waals surface area contributed by atoms with Crippen LogP contribution in [0.1, 0.15) is 43.6 Å². The van der Waals surface area contributed by atoms with Crippen molar-refractivity contribution in [1.29, 1.82) is 0 Å². The minimum atomic E-state index is -4.19. The lowest BCUT2D eigenvalue weighted by molar-refractivity contribution is -0.130. The van der Waals surface area contributed by atoms with Crippen LogP contribution in [0.3, 0.4) is 0 Å². The number of hydrogen-bond acceptors (Lipinski definition) is 7. The van der Waals surface area contributed by atoms with Gasteiger partial charge in [0.05, 0.1) is 25.3 Å². The molecule has 0 radical (unpaired) electrons. The van der Waals surface area contributed by atoms with E-state index in [-0.39, 0.29) is 30.6 Å². The highest BCUT2D eigenvalue weighted by Crippen LogP contribution is 2.27. The number of nitrogens with zero attached hydrogens (tertiary/aromatic N) is 1. The first-order valence-electron chi connectivity index (χ1n) is 11.7. The Balaban J connectivity index is 1.81. The summed E-state index contributed by atoms with van der Waals surface area (Å²) >= 11 is 0. The van der Waals surface area contributed by atoms with E-state index in [1.54, 1.807) is 24.3 Å². The summed E-state index contributed by atoms with van der Waals surface area (Å²) in [5.74, 6) is -2.15. The van der Waals surface area contributed by atoms with Crippen LogP contribution in [0.15, 0.2) is 24.3 Å². The summed E-state index contributed by atoms with van der Waals surface area (Å²) in [6.07, 6.45) is 1.30. The lowest BCUT2D eigenvalue weighted by Crippen LogP contribution is -2.52. The topological polar surface area (TPSA) is 155 Å². The number of fused-ring (bicyclic) bond motifs is 1. The van der Waals surface area contributed by atoms with Crippen molar-refractivity contribution in [1.82, 2.24) is 20.7 Å². The Kier molecular flexibility index (Phi) is 8.39. The monoisotopic (exact) mass is 520 g/mol. The van der Waals surface area contributed by atoms with Gasteiger partial charge in [0.25, 0.3) is 0 Å². The Morgan fingerprint density at radius 2 is 1.97 bits per heavy atom. The first-order chi connectivity index (χ1) is 16.9. The fourth-order valence-electron chi connectivity index (χ4n) is 4.27. The number of ether oxygens (including phenoxy) is 1. The molecule has 0 unspecified atom stereocenters. The standard InChI is InChI=1S/C24H32N4O7S/c1-14(2)10-16(11-20(29)19-12-17-18(26-19)6-5-7-21(17)35-3)23(31)27-28(24(32)36(4,33)34)13-15-8-9-25-22(15)30/h5-7,12,14-16,26H,8-11,13H2,1-4H3,(H,25,30)(H,27,31)/t15-,16+/m0/s1. The maximum Gasteiger partial charge on any atom is 0.357 e. The molecule has 1 aromatic heterocycles. The van der Waals surface area contributed by atoms with Crippen LogP contribution in [0.25, 0.3) is 10.9 Å². The van der Waals surface area contributed by atoms with Gasteiger partial charge in [-0.1, -0.05) is 19.9 Å². The van der Waals surface area contributed by atoms with Gasteiger partial charge in [-0.15, -0.1) is 0 Å². The normalized spacial score (nSPS) is 16.6. The van der Waals surface area contributed by atoms with Crippen molar-refractivity contribution in [3.05, 3.63) is 30.0 Å². The lowest BCUT2D eigenvalue weighted by atomic mass is 9.91. The van der Waals surface area contributed by atoms with E-state index in [9.17, 15) is 27.6 Å². The molecule has 0 saturated carbocycles. The van der Waals surface area contributed by atoms with E-state index in [1.165, 1.54) is 7.11 Å². The Morgan fingerprint density at radius 3 is 2.56 bits per heavy atom. The van der Waals surface area contributed by atoms with Crippen molar-refractivity contribution in [2.24, 2.45) is 17.8 Å². The van der Waals surface area contributed by atoms with Crippen LogP contribution >= 0.6 is 0 Å². The number of sulfone groups is 1. The van der Waals surface area contributed by atoms with Gasteiger partial charge in [-0.05, 0) is 37.0 Å². The molecule has 1 aliphatic heterocycles. The summed E-state index contributed by atoms with van der Waals surface area (Å²) in [5.41, 5.74) is 3.40. The number of nitrogens with one attached hydrogen (secondary N) is 3. The minimum Gasteiger partial charge on any atom is -0.496 e. The molecule has 0 bridgehead atoms. The summed E-state index contributed by atoms with van der Waals surface area (Å²) in [6.45, 7) is 3.90. The first kappa shape index (κ1) is 27.2.